The van der Waals surface area contributed by atoms with Crippen LogP contribution in [0.4, 0.5) is 0 Å². The summed E-state index contributed by atoms with van der Waals surface area (Å²) in [7, 11) is 0. The van der Waals surface area contributed by atoms with Gasteiger partial charge < -0.3 is 9.72 Å². The van der Waals surface area contributed by atoms with Gasteiger partial charge in [-0.3, -0.25) is 0 Å². The summed E-state index contributed by atoms with van der Waals surface area (Å²) < 4.78 is 5.02. The number of hydrogen-bond acceptors (Lipinski definition) is 3. The van der Waals surface area contributed by atoms with Crippen molar-refractivity contribution in [2.75, 3.05) is 6.61 Å². The Morgan fingerprint density at radius 2 is 2.10 bits per heavy atom. The molecular formula is C16H14ClNO2S. The van der Waals surface area contributed by atoms with Crippen LogP contribution in [0.25, 0.3) is 10.2 Å². The molecule has 0 spiro atoms. The van der Waals surface area contributed by atoms with E-state index in [1.165, 1.54) is 11.1 Å². The largest absolute Gasteiger partial charge is 0.461 e. The van der Waals surface area contributed by atoms with Gasteiger partial charge in [-0.05, 0) is 48.1 Å². The fourth-order valence-corrected chi connectivity index (χ4v) is 3.32. The third kappa shape index (κ3) is 2.96. The van der Waals surface area contributed by atoms with Crippen molar-refractivity contribution in [1.82, 2.24) is 4.98 Å². The number of carbonyl (C=O) groups is 1. The summed E-state index contributed by atoms with van der Waals surface area (Å²) in [6.07, 6.45) is 0.817. The van der Waals surface area contributed by atoms with Crippen LogP contribution < -0.4 is 0 Å². The second kappa shape index (κ2) is 5.92. The molecule has 2 aromatic heterocycles. The highest BCUT2D eigenvalue weighted by Gasteiger charge is 2.14. The normalized spacial score (nSPS) is 11.0. The minimum absolute atomic E-state index is 0.307. The number of benzene rings is 1. The summed E-state index contributed by atoms with van der Waals surface area (Å²) >= 11 is 7.51. The predicted octanol–water partition coefficient (Wildman–Crippen LogP) is 4.65. The Labute approximate surface area is 131 Å². The molecule has 0 saturated carbocycles. The lowest BCUT2D eigenvalue weighted by Crippen LogP contribution is -2.04. The van der Waals surface area contributed by atoms with Crippen LogP contribution in [0.2, 0.25) is 5.02 Å². The summed E-state index contributed by atoms with van der Waals surface area (Å²) in [6.45, 7) is 2.18. The molecule has 0 saturated heterocycles. The number of carbonyl (C=O) groups excluding carboxylic acids is 1. The quantitative estimate of drug-likeness (QED) is 0.711. The molecule has 5 heteroatoms. The second-order valence-corrected chi connectivity index (χ2v) is 6.03. The Morgan fingerprint density at radius 1 is 1.33 bits per heavy atom. The molecule has 0 aliphatic carbocycles. The van der Waals surface area contributed by atoms with E-state index >= 15 is 0 Å². The molecule has 0 atom stereocenters. The number of ether oxygens (including phenoxy) is 1. The van der Waals surface area contributed by atoms with Crippen molar-refractivity contribution in [2.45, 2.75) is 13.3 Å². The highest BCUT2D eigenvalue weighted by Crippen LogP contribution is 2.29. The molecule has 3 nitrogen and oxygen atoms in total. The van der Waals surface area contributed by atoms with Gasteiger partial charge in [-0.25, -0.2) is 4.79 Å². The van der Waals surface area contributed by atoms with E-state index in [1.54, 1.807) is 18.3 Å². The molecule has 0 aliphatic heterocycles. The molecule has 0 bridgehead atoms. The van der Waals surface area contributed by atoms with Crippen LogP contribution in [0.1, 0.15) is 28.5 Å². The number of thiophene rings is 1. The Bertz CT molecular complexity index is 773. The van der Waals surface area contributed by atoms with Gasteiger partial charge in [0.15, 0.2) is 0 Å². The molecule has 2 heterocycles. The molecule has 0 radical (unpaired) electrons. The fraction of sp³-hybridized carbons (Fsp3) is 0.188. The Balaban J connectivity index is 1.89. The molecule has 21 heavy (non-hydrogen) atoms. The molecule has 0 amide bonds. The van der Waals surface area contributed by atoms with E-state index in [0.717, 1.165) is 21.7 Å². The average Bonchev–Trinajstić information content (AvgIpc) is 3.03. The Hall–Kier alpha value is -1.78. The van der Waals surface area contributed by atoms with Crippen molar-refractivity contribution >= 4 is 39.1 Å². The summed E-state index contributed by atoms with van der Waals surface area (Å²) in [6, 6.07) is 9.69. The van der Waals surface area contributed by atoms with E-state index < -0.39 is 0 Å². The van der Waals surface area contributed by atoms with Gasteiger partial charge in [0.05, 0.1) is 6.61 Å². The van der Waals surface area contributed by atoms with E-state index in [2.05, 4.69) is 10.4 Å². The van der Waals surface area contributed by atoms with Crippen molar-refractivity contribution in [2.24, 2.45) is 0 Å². The molecule has 1 aromatic carbocycles. The van der Waals surface area contributed by atoms with Crippen molar-refractivity contribution < 1.29 is 9.53 Å². The molecule has 1 N–H and O–H groups in total. The van der Waals surface area contributed by atoms with Crippen LogP contribution in [-0.4, -0.2) is 17.6 Å². The molecule has 0 fully saturated rings. The van der Waals surface area contributed by atoms with E-state index in [4.69, 9.17) is 16.3 Å². The highest BCUT2D eigenvalue weighted by atomic mass is 35.5. The van der Waals surface area contributed by atoms with Gasteiger partial charge >= 0.3 is 5.97 Å². The first-order valence-corrected chi connectivity index (χ1v) is 7.93. The van der Waals surface area contributed by atoms with E-state index in [-0.39, 0.29) is 5.97 Å². The molecule has 3 aromatic rings. The Morgan fingerprint density at radius 3 is 2.81 bits per heavy atom. The van der Waals surface area contributed by atoms with Crippen LogP contribution in [-0.2, 0) is 11.2 Å². The molecule has 108 valence electrons. The van der Waals surface area contributed by atoms with Gasteiger partial charge in [-0.1, -0.05) is 23.7 Å². The van der Waals surface area contributed by atoms with Gasteiger partial charge in [-0.15, -0.1) is 11.3 Å². The first kappa shape index (κ1) is 14.2. The number of halogens is 1. The molecule has 0 aliphatic rings. The molecule has 0 unspecified atom stereocenters. The first-order valence-electron chi connectivity index (χ1n) is 6.68. The number of nitrogens with one attached hydrogen (secondary N) is 1. The van der Waals surface area contributed by atoms with Gasteiger partial charge in [0.2, 0.25) is 0 Å². The van der Waals surface area contributed by atoms with Crippen LogP contribution in [0.3, 0.4) is 0 Å². The van der Waals surface area contributed by atoms with Crippen molar-refractivity contribution in [3.8, 4) is 0 Å². The van der Waals surface area contributed by atoms with Crippen molar-refractivity contribution in [1.29, 1.82) is 0 Å². The summed E-state index contributed by atoms with van der Waals surface area (Å²) in [4.78, 5) is 15.9. The minimum Gasteiger partial charge on any atom is -0.461 e. The summed E-state index contributed by atoms with van der Waals surface area (Å²) in [5, 5.41) is 3.93. The maximum absolute atomic E-state index is 11.8. The topological polar surface area (TPSA) is 42.1 Å². The molecule has 3 rings (SSSR count). The monoisotopic (exact) mass is 319 g/mol. The van der Waals surface area contributed by atoms with E-state index in [9.17, 15) is 4.79 Å². The minimum atomic E-state index is -0.307. The number of esters is 1. The lowest BCUT2D eigenvalue weighted by Gasteiger charge is -2.00. The smallest absolute Gasteiger partial charge is 0.354 e. The van der Waals surface area contributed by atoms with E-state index in [1.807, 2.05) is 30.3 Å². The number of fused-ring (bicyclic) bond motifs is 1. The lowest BCUT2D eigenvalue weighted by molar-refractivity contribution is 0.0520. The maximum atomic E-state index is 11.8. The van der Waals surface area contributed by atoms with Crippen LogP contribution in [0.5, 0.6) is 0 Å². The zero-order valence-electron chi connectivity index (χ0n) is 11.5. The standard InChI is InChI=1S/C16H14ClNO2S/c1-2-20-16(19)14-8-13-11(9-21-15(13)18-14)7-10-3-5-12(17)6-4-10/h3-6,8-9,18H,2,7H2,1H3. The maximum Gasteiger partial charge on any atom is 0.354 e. The zero-order chi connectivity index (χ0) is 14.8. The number of H-pyrrole nitrogens is 1. The summed E-state index contributed by atoms with van der Waals surface area (Å²) in [5.41, 5.74) is 2.90. The zero-order valence-corrected chi connectivity index (χ0v) is 13.1. The SMILES string of the molecule is CCOC(=O)c1cc2c(Cc3ccc(Cl)cc3)csc2[nH]1. The number of hydrogen-bond donors (Lipinski definition) is 1. The average molecular weight is 320 g/mol. The molecular weight excluding hydrogens is 306 g/mol. The first-order chi connectivity index (χ1) is 10.2. The predicted molar refractivity (Wildman–Crippen MR) is 86.4 cm³/mol. The van der Waals surface area contributed by atoms with Crippen molar-refractivity contribution in [3.05, 3.63) is 57.6 Å². The number of rotatable bonds is 4. The van der Waals surface area contributed by atoms with Gasteiger partial charge in [0.25, 0.3) is 0 Å². The highest BCUT2D eigenvalue weighted by molar-refractivity contribution is 7.17. The van der Waals surface area contributed by atoms with E-state index in [0.29, 0.717) is 12.3 Å². The summed E-state index contributed by atoms with van der Waals surface area (Å²) in [5.74, 6) is -0.307. The Kier molecular flexibility index (Phi) is 3.99. The fourth-order valence-electron chi connectivity index (χ4n) is 2.24. The second-order valence-electron chi connectivity index (χ2n) is 4.71. The van der Waals surface area contributed by atoms with Crippen molar-refractivity contribution in [3.63, 3.8) is 0 Å². The van der Waals surface area contributed by atoms with Crippen LogP contribution in [0, 0.1) is 0 Å². The third-order valence-electron chi connectivity index (χ3n) is 3.25. The lowest BCUT2D eigenvalue weighted by atomic mass is 10.1. The van der Waals surface area contributed by atoms with Gasteiger partial charge in [-0.2, -0.15) is 0 Å². The number of aromatic nitrogens is 1. The van der Waals surface area contributed by atoms with Gasteiger partial charge in [0, 0.05) is 10.4 Å². The number of aromatic amines is 1. The third-order valence-corrected chi connectivity index (χ3v) is 4.46. The van der Waals surface area contributed by atoms with Gasteiger partial charge in [0.1, 0.15) is 10.5 Å². The van der Waals surface area contributed by atoms with Crippen LogP contribution in [0.15, 0.2) is 35.7 Å². The van der Waals surface area contributed by atoms with Crippen LogP contribution >= 0.6 is 22.9 Å².